The van der Waals surface area contributed by atoms with E-state index in [2.05, 4.69) is 15.5 Å². The number of thioether (sulfide) groups is 1. The topological polar surface area (TPSA) is 95.1 Å². The molecule has 6 nitrogen and oxygen atoms in total. The normalized spacial score (nSPS) is 15.0. The van der Waals surface area contributed by atoms with Gasteiger partial charge in [0.25, 0.3) is 0 Å². The molecule has 1 aliphatic rings. The Balaban J connectivity index is 1.45. The van der Waals surface area contributed by atoms with Gasteiger partial charge in [0, 0.05) is 11.8 Å². The van der Waals surface area contributed by atoms with E-state index in [4.69, 9.17) is 0 Å². The number of anilines is 1. The molecule has 7 heteroatoms. The number of ketones is 2. The number of carbonyl (C=O) groups excluding carboxylic acids is 2. The van der Waals surface area contributed by atoms with Crippen molar-refractivity contribution in [2.75, 3.05) is 11.1 Å². The molecule has 24 heavy (non-hydrogen) atoms. The fraction of sp³-hybridized carbons (Fsp3) is 0.235. The number of Topliss-reactive ketones (excluding diaryl/α,β-unsaturated/α-hetero) is 1. The van der Waals surface area contributed by atoms with E-state index in [1.807, 2.05) is 30.3 Å². The van der Waals surface area contributed by atoms with Crippen LogP contribution in [0.5, 0.6) is 0 Å². The summed E-state index contributed by atoms with van der Waals surface area (Å²) in [7, 11) is 0. The number of H-pyrrole nitrogens is 1. The second-order valence-corrected chi connectivity index (χ2v) is 6.51. The molecule has 1 aromatic carbocycles. The first-order valence-corrected chi connectivity index (χ1v) is 8.60. The smallest absolute Gasteiger partial charge is 0.205 e. The van der Waals surface area contributed by atoms with Crippen molar-refractivity contribution < 1.29 is 14.7 Å². The van der Waals surface area contributed by atoms with Gasteiger partial charge in [-0.2, -0.15) is 5.10 Å². The van der Waals surface area contributed by atoms with Gasteiger partial charge in [0.05, 0.1) is 16.7 Å². The Morgan fingerprint density at radius 1 is 1.25 bits per heavy atom. The predicted molar refractivity (Wildman–Crippen MR) is 93.1 cm³/mol. The SMILES string of the molecule is O=C1C(SCCCC(O)Nc2ccccc2)=CC(=O)c2[nH]ncc21. The molecule has 1 heterocycles. The maximum Gasteiger partial charge on any atom is 0.205 e. The van der Waals surface area contributed by atoms with E-state index in [0.717, 1.165) is 5.69 Å². The van der Waals surface area contributed by atoms with E-state index >= 15 is 0 Å². The zero-order valence-electron chi connectivity index (χ0n) is 12.9. The number of allylic oxidation sites excluding steroid dienone is 2. The summed E-state index contributed by atoms with van der Waals surface area (Å²) in [5.41, 5.74) is 1.45. The van der Waals surface area contributed by atoms with Gasteiger partial charge in [-0.05, 0) is 30.7 Å². The van der Waals surface area contributed by atoms with Crippen molar-refractivity contribution in [2.24, 2.45) is 0 Å². The quantitative estimate of drug-likeness (QED) is 0.528. The van der Waals surface area contributed by atoms with Crippen LogP contribution < -0.4 is 5.32 Å². The third-order valence-electron chi connectivity index (χ3n) is 3.60. The lowest BCUT2D eigenvalue weighted by atomic mass is 10.0. The van der Waals surface area contributed by atoms with E-state index in [1.165, 1.54) is 24.0 Å². The lowest BCUT2D eigenvalue weighted by Gasteiger charge is -2.14. The lowest BCUT2D eigenvalue weighted by molar-refractivity contribution is 0.0989. The zero-order valence-corrected chi connectivity index (χ0v) is 13.7. The average Bonchev–Trinajstić information content (AvgIpc) is 3.07. The first-order valence-electron chi connectivity index (χ1n) is 7.61. The van der Waals surface area contributed by atoms with Crippen molar-refractivity contribution >= 4 is 29.0 Å². The van der Waals surface area contributed by atoms with Crippen molar-refractivity contribution in [2.45, 2.75) is 19.1 Å². The molecular formula is C17H17N3O3S. The van der Waals surface area contributed by atoms with Gasteiger partial charge < -0.3 is 10.4 Å². The van der Waals surface area contributed by atoms with Crippen LogP contribution in [0.4, 0.5) is 5.69 Å². The van der Waals surface area contributed by atoms with Gasteiger partial charge in [0.1, 0.15) is 11.9 Å². The van der Waals surface area contributed by atoms with Crippen LogP contribution in [0.25, 0.3) is 0 Å². The number of hydrogen-bond acceptors (Lipinski definition) is 6. The Kier molecular flexibility index (Phi) is 5.12. The van der Waals surface area contributed by atoms with Crippen LogP contribution in [0.3, 0.4) is 0 Å². The number of nitrogens with zero attached hydrogens (tertiary/aromatic N) is 1. The largest absolute Gasteiger partial charge is 0.374 e. The molecule has 124 valence electrons. The number of benzene rings is 1. The molecule has 2 aromatic rings. The van der Waals surface area contributed by atoms with Crippen LogP contribution in [0.1, 0.15) is 33.7 Å². The van der Waals surface area contributed by atoms with E-state index < -0.39 is 6.23 Å². The number of aromatic amines is 1. The van der Waals surface area contributed by atoms with Crippen molar-refractivity contribution in [1.29, 1.82) is 0 Å². The maximum atomic E-state index is 12.2. The number of fused-ring (bicyclic) bond motifs is 1. The standard InChI is InChI=1S/C17H17N3O3S/c21-13-9-14(17(23)12-10-18-20-16(12)13)24-8-4-7-15(22)19-11-5-2-1-3-6-11/h1-3,5-6,9-10,15,19,22H,4,7-8H2,(H,18,20). The van der Waals surface area contributed by atoms with Gasteiger partial charge in [0.2, 0.25) is 11.6 Å². The summed E-state index contributed by atoms with van der Waals surface area (Å²) in [4.78, 5) is 24.5. The average molecular weight is 343 g/mol. The van der Waals surface area contributed by atoms with E-state index in [0.29, 0.717) is 29.1 Å². The van der Waals surface area contributed by atoms with Crippen molar-refractivity contribution in [3.05, 3.63) is 58.8 Å². The van der Waals surface area contributed by atoms with Gasteiger partial charge in [-0.25, -0.2) is 0 Å². The molecule has 0 amide bonds. The van der Waals surface area contributed by atoms with Gasteiger partial charge >= 0.3 is 0 Å². The molecule has 0 saturated heterocycles. The Labute approximate surface area is 143 Å². The highest BCUT2D eigenvalue weighted by Gasteiger charge is 2.27. The third kappa shape index (κ3) is 3.74. The van der Waals surface area contributed by atoms with Crippen molar-refractivity contribution in [3.8, 4) is 0 Å². The number of hydrogen-bond donors (Lipinski definition) is 3. The molecule has 3 rings (SSSR count). The molecule has 1 aromatic heterocycles. The maximum absolute atomic E-state index is 12.2. The van der Waals surface area contributed by atoms with Crippen LogP contribution in [-0.4, -0.2) is 38.9 Å². The summed E-state index contributed by atoms with van der Waals surface area (Å²) >= 11 is 1.33. The van der Waals surface area contributed by atoms with E-state index in [9.17, 15) is 14.7 Å². The summed E-state index contributed by atoms with van der Waals surface area (Å²) in [6.07, 6.45) is 3.35. The molecule has 0 saturated carbocycles. The van der Waals surface area contributed by atoms with Crippen LogP contribution >= 0.6 is 11.8 Å². The van der Waals surface area contributed by atoms with Gasteiger partial charge in [-0.1, -0.05) is 18.2 Å². The number of para-hydroxylation sites is 1. The summed E-state index contributed by atoms with van der Waals surface area (Å²) in [5, 5.41) is 19.3. The summed E-state index contributed by atoms with van der Waals surface area (Å²) < 4.78 is 0. The second-order valence-electron chi connectivity index (χ2n) is 5.38. The molecule has 1 atom stereocenters. The lowest BCUT2D eigenvalue weighted by Crippen LogP contribution is -2.18. The number of nitrogens with one attached hydrogen (secondary N) is 2. The van der Waals surface area contributed by atoms with Crippen molar-refractivity contribution in [3.63, 3.8) is 0 Å². The molecule has 0 radical (unpaired) electrons. The second kappa shape index (κ2) is 7.46. The third-order valence-corrected chi connectivity index (χ3v) is 4.71. The molecule has 1 aliphatic carbocycles. The minimum atomic E-state index is -0.647. The fourth-order valence-corrected chi connectivity index (χ4v) is 3.36. The molecule has 1 unspecified atom stereocenters. The van der Waals surface area contributed by atoms with E-state index in [1.54, 1.807) is 0 Å². The minimum absolute atomic E-state index is 0.175. The number of aliphatic hydroxyl groups excluding tert-OH is 1. The van der Waals surface area contributed by atoms with Crippen molar-refractivity contribution in [1.82, 2.24) is 10.2 Å². The number of aromatic nitrogens is 2. The summed E-state index contributed by atoms with van der Waals surface area (Å²) in [6.45, 7) is 0. The van der Waals surface area contributed by atoms with Gasteiger partial charge in [-0.3, -0.25) is 14.7 Å². The fourth-order valence-electron chi connectivity index (χ4n) is 2.40. The molecule has 0 bridgehead atoms. The summed E-state index contributed by atoms with van der Waals surface area (Å²) in [6, 6.07) is 9.48. The number of aliphatic hydroxyl groups is 1. The van der Waals surface area contributed by atoms with Crippen LogP contribution in [0.2, 0.25) is 0 Å². The van der Waals surface area contributed by atoms with Crippen LogP contribution in [0, 0.1) is 0 Å². The highest BCUT2D eigenvalue weighted by Crippen LogP contribution is 2.28. The Morgan fingerprint density at radius 3 is 2.83 bits per heavy atom. The Hall–Kier alpha value is -2.38. The summed E-state index contributed by atoms with van der Waals surface area (Å²) in [5.74, 6) is 0.243. The zero-order chi connectivity index (χ0) is 16.9. The first kappa shape index (κ1) is 16.5. The Bertz CT molecular complexity index is 770. The molecule has 3 N–H and O–H groups in total. The highest BCUT2D eigenvalue weighted by atomic mass is 32.2. The number of carbonyl (C=O) groups is 2. The monoisotopic (exact) mass is 343 g/mol. The van der Waals surface area contributed by atoms with E-state index in [-0.39, 0.29) is 17.3 Å². The molecular weight excluding hydrogens is 326 g/mol. The van der Waals surface area contributed by atoms with Gasteiger partial charge in [0.15, 0.2) is 0 Å². The molecule has 0 fully saturated rings. The van der Waals surface area contributed by atoms with Crippen LogP contribution in [-0.2, 0) is 0 Å². The first-order chi connectivity index (χ1) is 11.6. The molecule has 0 aliphatic heterocycles. The number of rotatable bonds is 7. The molecule has 0 spiro atoms. The highest BCUT2D eigenvalue weighted by molar-refractivity contribution is 8.04. The van der Waals surface area contributed by atoms with Crippen LogP contribution in [0.15, 0.2) is 47.5 Å². The minimum Gasteiger partial charge on any atom is -0.374 e. The predicted octanol–water partition coefficient (Wildman–Crippen LogP) is 2.62. The van der Waals surface area contributed by atoms with Gasteiger partial charge in [-0.15, -0.1) is 11.8 Å². The Morgan fingerprint density at radius 2 is 2.04 bits per heavy atom.